The zero-order valence-electron chi connectivity index (χ0n) is 15.6. The van der Waals surface area contributed by atoms with E-state index in [1.807, 2.05) is 0 Å². The van der Waals surface area contributed by atoms with E-state index < -0.39 is 11.7 Å². The largest absolute Gasteiger partial charge is 0.497 e. The van der Waals surface area contributed by atoms with E-state index in [9.17, 15) is 18.0 Å². The first-order valence-electron chi connectivity index (χ1n) is 8.82. The molecular weight excluding hydrogens is 397 g/mol. The third-order valence-corrected chi connectivity index (χ3v) is 4.48. The van der Waals surface area contributed by atoms with Crippen molar-refractivity contribution in [1.82, 2.24) is 15.0 Å². The second kappa shape index (κ2) is 7.51. The minimum atomic E-state index is -4.55. The minimum Gasteiger partial charge on any atom is -0.497 e. The number of methoxy groups -OCH3 is 1. The molecule has 0 unspecified atom stereocenters. The maximum absolute atomic E-state index is 13.2. The zero-order chi connectivity index (χ0) is 21.3. The average Bonchev–Trinajstić information content (AvgIpc) is 3.18. The van der Waals surface area contributed by atoms with Gasteiger partial charge < -0.3 is 15.0 Å². The molecule has 0 aliphatic rings. The van der Waals surface area contributed by atoms with Gasteiger partial charge in [-0.2, -0.15) is 13.2 Å². The average molecular weight is 412 g/mol. The molecule has 6 nitrogen and oxygen atoms in total. The number of alkyl halides is 3. The highest BCUT2D eigenvalue weighted by Crippen LogP contribution is 2.36. The van der Waals surface area contributed by atoms with Crippen molar-refractivity contribution in [3.8, 4) is 5.75 Å². The van der Waals surface area contributed by atoms with Gasteiger partial charge in [0.2, 0.25) is 0 Å². The van der Waals surface area contributed by atoms with E-state index in [0.717, 1.165) is 12.1 Å². The van der Waals surface area contributed by atoms with E-state index in [1.54, 1.807) is 30.3 Å². The fourth-order valence-corrected chi connectivity index (χ4v) is 3.07. The lowest BCUT2D eigenvalue weighted by atomic mass is 10.0. The molecule has 0 saturated heterocycles. The van der Waals surface area contributed by atoms with E-state index in [0.29, 0.717) is 22.2 Å². The van der Waals surface area contributed by atoms with Gasteiger partial charge in [-0.05, 0) is 12.1 Å². The molecule has 4 rings (SSSR count). The maximum atomic E-state index is 13.2. The third-order valence-electron chi connectivity index (χ3n) is 4.48. The number of hydrogen-bond acceptors (Lipinski definition) is 5. The second-order valence-electron chi connectivity index (χ2n) is 6.42. The van der Waals surface area contributed by atoms with Crippen LogP contribution in [0.15, 0.2) is 61.1 Å². The van der Waals surface area contributed by atoms with Crippen molar-refractivity contribution in [2.24, 2.45) is 0 Å². The Labute approximate surface area is 168 Å². The minimum absolute atomic E-state index is 0.0345. The molecule has 2 aromatic heterocycles. The number of benzene rings is 2. The summed E-state index contributed by atoms with van der Waals surface area (Å²) >= 11 is 0. The number of carbonyl (C=O) groups excluding carboxylic acids is 1. The molecule has 0 aliphatic carbocycles. The number of nitrogens with zero attached hydrogens (tertiary/aromatic N) is 2. The van der Waals surface area contributed by atoms with Crippen LogP contribution in [0, 0.1) is 0 Å². The summed E-state index contributed by atoms with van der Waals surface area (Å²) in [5.74, 6) is -0.0319. The van der Waals surface area contributed by atoms with Crippen LogP contribution in [-0.4, -0.2) is 27.8 Å². The van der Waals surface area contributed by atoms with Crippen molar-refractivity contribution in [2.75, 3.05) is 12.4 Å². The number of aromatic amines is 1. The van der Waals surface area contributed by atoms with Gasteiger partial charge in [0.1, 0.15) is 23.5 Å². The van der Waals surface area contributed by atoms with Gasteiger partial charge in [0.25, 0.3) is 0 Å². The zero-order valence-corrected chi connectivity index (χ0v) is 15.6. The first kappa shape index (κ1) is 19.4. The summed E-state index contributed by atoms with van der Waals surface area (Å²) in [6.07, 6.45) is -1.79. The van der Waals surface area contributed by atoms with Gasteiger partial charge in [0.05, 0.1) is 23.6 Å². The van der Waals surface area contributed by atoms with Crippen LogP contribution in [0.3, 0.4) is 0 Å². The third kappa shape index (κ3) is 3.69. The summed E-state index contributed by atoms with van der Waals surface area (Å²) in [5.41, 5.74) is 0.392. The fourth-order valence-electron chi connectivity index (χ4n) is 3.07. The standard InChI is InChI=1S/C21H15F3N4O2/c1-30-15-8-13(21(22,23)24)7-14(9-15)28-20-17-16(10-25-19(17)26-11-27-20)18(29)12-5-3-2-4-6-12/h2-11H,1H3,(H2,25,26,27,28). The second-order valence-corrected chi connectivity index (χ2v) is 6.42. The first-order valence-corrected chi connectivity index (χ1v) is 8.82. The number of ketones is 1. The molecule has 30 heavy (non-hydrogen) atoms. The Kier molecular flexibility index (Phi) is 4.86. The Morgan fingerprint density at radius 1 is 1.10 bits per heavy atom. The highest BCUT2D eigenvalue weighted by Gasteiger charge is 2.31. The van der Waals surface area contributed by atoms with Crippen molar-refractivity contribution >= 4 is 28.3 Å². The summed E-state index contributed by atoms with van der Waals surface area (Å²) in [6, 6.07) is 11.9. The normalized spacial score (nSPS) is 11.5. The van der Waals surface area contributed by atoms with Gasteiger partial charge in [-0.25, -0.2) is 9.97 Å². The van der Waals surface area contributed by atoms with E-state index in [1.165, 1.54) is 25.7 Å². The molecule has 0 saturated carbocycles. The lowest BCUT2D eigenvalue weighted by Crippen LogP contribution is -2.07. The van der Waals surface area contributed by atoms with Crippen molar-refractivity contribution in [3.05, 3.63) is 77.7 Å². The smallest absolute Gasteiger partial charge is 0.416 e. The molecule has 0 radical (unpaired) electrons. The Morgan fingerprint density at radius 3 is 2.57 bits per heavy atom. The topological polar surface area (TPSA) is 79.9 Å². The van der Waals surface area contributed by atoms with Crippen LogP contribution >= 0.6 is 0 Å². The molecule has 0 atom stereocenters. The number of aromatic nitrogens is 3. The van der Waals surface area contributed by atoms with Gasteiger partial charge in [-0.15, -0.1) is 0 Å². The van der Waals surface area contributed by atoms with Crippen LogP contribution in [0.1, 0.15) is 21.5 Å². The van der Waals surface area contributed by atoms with Crippen LogP contribution < -0.4 is 10.1 Å². The van der Waals surface area contributed by atoms with Crippen LogP contribution in [0.5, 0.6) is 5.75 Å². The molecule has 2 N–H and O–H groups in total. The van der Waals surface area contributed by atoms with E-state index in [-0.39, 0.29) is 23.0 Å². The molecule has 0 fully saturated rings. The number of fused-ring (bicyclic) bond motifs is 1. The Bertz CT molecular complexity index is 1220. The highest BCUT2D eigenvalue weighted by atomic mass is 19.4. The summed E-state index contributed by atoms with van der Waals surface area (Å²) in [5, 5.41) is 3.24. The Balaban J connectivity index is 1.79. The number of anilines is 2. The number of ether oxygens (including phenoxy) is 1. The monoisotopic (exact) mass is 412 g/mol. The number of halogens is 3. The van der Waals surface area contributed by atoms with E-state index >= 15 is 0 Å². The van der Waals surface area contributed by atoms with Crippen molar-refractivity contribution < 1.29 is 22.7 Å². The molecule has 0 spiro atoms. The van der Waals surface area contributed by atoms with E-state index in [2.05, 4.69) is 20.3 Å². The van der Waals surface area contributed by atoms with Gasteiger partial charge in [0.15, 0.2) is 5.78 Å². The number of nitrogens with one attached hydrogen (secondary N) is 2. The molecule has 2 aromatic carbocycles. The van der Waals surface area contributed by atoms with E-state index in [4.69, 9.17) is 4.74 Å². The number of rotatable bonds is 5. The van der Waals surface area contributed by atoms with Crippen LogP contribution in [-0.2, 0) is 6.18 Å². The van der Waals surface area contributed by atoms with Crippen molar-refractivity contribution in [1.29, 1.82) is 0 Å². The summed E-state index contributed by atoms with van der Waals surface area (Å²) < 4.78 is 44.7. The molecular formula is C21H15F3N4O2. The molecule has 9 heteroatoms. The molecule has 2 heterocycles. The molecule has 0 bridgehead atoms. The number of H-pyrrole nitrogens is 1. The fraction of sp³-hybridized carbons (Fsp3) is 0.0952. The van der Waals surface area contributed by atoms with Gasteiger partial charge in [-0.3, -0.25) is 4.79 Å². The summed E-state index contributed by atoms with van der Waals surface area (Å²) in [7, 11) is 1.28. The Morgan fingerprint density at radius 2 is 1.87 bits per heavy atom. The lowest BCUT2D eigenvalue weighted by molar-refractivity contribution is -0.137. The van der Waals surface area contributed by atoms with Crippen LogP contribution in [0.25, 0.3) is 11.0 Å². The van der Waals surface area contributed by atoms with Crippen LogP contribution in [0.2, 0.25) is 0 Å². The van der Waals surface area contributed by atoms with Gasteiger partial charge in [0, 0.05) is 23.5 Å². The summed E-state index contributed by atoms with van der Waals surface area (Å²) in [6.45, 7) is 0. The first-order chi connectivity index (χ1) is 14.4. The SMILES string of the molecule is COc1cc(Nc2ncnc3[nH]cc(C(=O)c4ccccc4)c23)cc(C(F)(F)F)c1. The number of hydrogen-bond donors (Lipinski definition) is 2. The number of carbonyl (C=O) groups is 1. The lowest BCUT2D eigenvalue weighted by Gasteiger charge is -2.13. The Hall–Kier alpha value is -3.88. The van der Waals surface area contributed by atoms with Crippen LogP contribution in [0.4, 0.5) is 24.7 Å². The maximum Gasteiger partial charge on any atom is 0.416 e. The van der Waals surface area contributed by atoms with Gasteiger partial charge >= 0.3 is 6.18 Å². The molecule has 0 amide bonds. The van der Waals surface area contributed by atoms with Gasteiger partial charge in [-0.1, -0.05) is 30.3 Å². The highest BCUT2D eigenvalue weighted by molar-refractivity contribution is 6.18. The molecule has 4 aromatic rings. The van der Waals surface area contributed by atoms with Crippen molar-refractivity contribution in [2.45, 2.75) is 6.18 Å². The quantitative estimate of drug-likeness (QED) is 0.453. The summed E-state index contributed by atoms with van der Waals surface area (Å²) in [4.78, 5) is 24.1. The molecule has 0 aliphatic heterocycles. The predicted molar refractivity (Wildman–Crippen MR) is 105 cm³/mol. The molecule has 152 valence electrons. The predicted octanol–water partition coefficient (Wildman–Crippen LogP) is 4.96. The van der Waals surface area contributed by atoms with Crippen molar-refractivity contribution in [3.63, 3.8) is 0 Å².